The van der Waals surface area contributed by atoms with Gasteiger partial charge < -0.3 is 29.3 Å². The molecule has 0 aromatic heterocycles. The van der Waals surface area contributed by atoms with Crippen molar-refractivity contribution in [3.05, 3.63) is 47.5 Å². The molecule has 0 saturated carbocycles. The number of halogens is 1. The van der Waals surface area contributed by atoms with Gasteiger partial charge in [-0.2, -0.15) is 0 Å². The molecule has 1 N–H and O–H groups in total. The number of hydrogen-bond donors (Lipinski definition) is 1. The van der Waals surface area contributed by atoms with E-state index in [1.165, 1.54) is 4.90 Å². The van der Waals surface area contributed by atoms with Crippen LogP contribution in [-0.2, 0) is 14.4 Å². The highest BCUT2D eigenvalue weighted by Gasteiger charge is 2.23. The number of benzene rings is 2. The third-order valence-corrected chi connectivity index (χ3v) is 5.41. The quantitative estimate of drug-likeness (QED) is 0.571. The van der Waals surface area contributed by atoms with Crippen LogP contribution in [0.15, 0.2) is 42.5 Å². The average Bonchev–Trinajstić information content (AvgIpc) is 2.82. The summed E-state index contributed by atoms with van der Waals surface area (Å²) in [4.78, 5) is 40.1. The maximum absolute atomic E-state index is 12.8. The minimum Gasteiger partial charge on any atom is -0.495 e. The Morgan fingerprint density at radius 3 is 2.41 bits per heavy atom. The van der Waals surface area contributed by atoms with Gasteiger partial charge in [-0.25, -0.2) is 4.79 Å². The summed E-state index contributed by atoms with van der Waals surface area (Å²) in [6.07, 6.45) is 0.598. The molecule has 0 radical (unpaired) electrons. The lowest BCUT2D eigenvalue weighted by Crippen LogP contribution is -2.51. The van der Waals surface area contributed by atoms with Crippen LogP contribution in [0.3, 0.4) is 0 Å². The summed E-state index contributed by atoms with van der Waals surface area (Å²) >= 11 is 6.09. The van der Waals surface area contributed by atoms with Crippen LogP contribution in [-0.4, -0.2) is 74.7 Å². The van der Waals surface area contributed by atoms with Gasteiger partial charge in [-0.15, -0.1) is 0 Å². The molecule has 1 aliphatic heterocycles. The van der Waals surface area contributed by atoms with Crippen molar-refractivity contribution in [1.29, 1.82) is 0 Å². The van der Waals surface area contributed by atoms with E-state index in [0.717, 1.165) is 5.69 Å². The van der Waals surface area contributed by atoms with Crippen LogP contribution >= 0.6 is 11.6 Å². The van der Waals surface area contributed by atoms with Crippen molar-refractivity contribution >= 4 is 41.3 Å². The number of amides is 2. The van der Waals surface area contributed by atoms with Gasteiger partial charge in [0, 0.05) is 43.6 Å². The second kappa shape index (κ2) is 10.7. The van der Waals surface area contributed by atoms with Gasteiger partial charge in [-0.3, -0.25) is 9.59 Å². The van der Waals surface area contributed by atoms with Crippen molar-refractivity contribution in [2.75, 3.05) is 56.2 Å². The van der Waals surface area contributed by atoms with Crippen molar-refractivity contribution < 1.29 is 29.0 Å². The van der Waals surface area contributed by atoms with Gasteiger partial charge in [-0.1, -0.05) is 11.6 Å². The number of carbonyl (C=O) groups is 3. The number of carbonyl (C=O) groups excluding carboxylic acids is 2. The SMILES string of the molecule is COc1cc(N2CCN(C(=O)CN(C=O)c3ccc(OCC(=O)O)cc3)CC2)ccc1Cl. The van der Waals surface area contributed by atoms with Crippen LogP contribution < -0.4 is 19.3 Å². The smallest absolute Gasteiger partial charge is 0.341 e. The fourth-order valence-electron chi connectivity index (χ4n) is 3.37. The summed E-state index contributed by atoms with van der Waals surface area (Å²) in [5, 5.41) is 9.20. The molecule has 3 rings (SSSR count). The molecule has 1 heterocycles. The Morgan fingerprint density at radius 1 is 1.12 bits per heavy atom. The molecule has 1 saturated heterocycles. The minimum absolute atomic E-state index is 0.0897. The summed E-state index contributed by atoms with van der Waals surface area (Å²) in [6, 6.07) is 11.9. The van der Waals surface area contributed by atoms with Crippen molar-refractivity contribution in [1.82, 2.24) is 4.90 Å². The lowest BCUT2D eigenvalue weighted by Gasteiger charge is -2.36. The molecule has 10 heteroatoms. The molecule has 1 fully saturated rings. The summed E-state index contributed by atoms with van der Waals surface area (Å²) in [5.74, 6) is -0.270. The van der Waals surface area contributed by atoms with Gasteiger partial charge in [0.2, 0.25) is 12.3 Å². The number of piperazine rings is 1. The fourth-order valence-corrected chi connectivity index (χ4v) is 3.57. The van der Waals surface area contributed by atoms with Gasteiger partial charge in [0.1, 0.15) is 18.0 Å². The molecule has 170 valence electrons. The first kappa shape index (κ1) is 23.2. The van der Waals surface area contributed by atoms with E-state index < -0.39 is 12.6 Å². The molecule has 2 amide bonds. The van der Waals surface area contributed by atoms with E-state index in [9.17, 15) is 14.4 Å². The van der Waals surface area contributed by atoms with E-state index >= 15 is 0 Å². The van der Waals surface area contributed by atoms with E-state index in [2.05, 4.69) is 4.90 Å². The Kier molecular flexibility index (Phi) is 7.77. The average molecular weight is 462 g/mol. The lowest BCUT2D eigenvalue weighted by atomic mass is 10.2. The number of nitrogens with zero attached hydrogens (tertiary/aromatic N) is 3. The molecule has 32 heavy (non-hydrogen) atoms. The van der Waals surface area contributed by atoms with Crippen molar-refractivity contribution in [2.45, 2.75) is 0 Å². The number of anilines is 2. The van der Waals surface area contributed by atoms with Crippen molar-refractivity contribution in [3.8, 4) is 11.5 Å². The van der Waals surface area contributed by atoms with E-state index in [4.69, 9.17) is 26.2 Å². The highest BCUT2D eigenvalue weighted by molar-refractivity contribution is 6.32. The van der Waals surface area contributed by atoms with Crippen LogP contribution in [0, 0.1) is 0 Å². The number of methoxy groups -OCH3 is 1. The topological polar surface area (TPSA) is 99.6 Å². The zero-order valence-electron chi connectivity index (χ0n) is 17.6. The first-order valence-corrected chi connectivity index (χ1v) is 10.3. The monoisotopic (exact) mass is 461 g/mol. The number of carboxylic acids is 1. The number of aliphatic carboxylic acids is 1. The predicted octanol–water partition coefficient (Wildman–Crippen LogP) is 2.12. The molecule has 0 atom stereocenters. The van der Waals surface area contributed by atoms with E-state index in [1.54, 1.807) is 42.3 Å². The number of ether oxygens (including phenoxy) is 2. The molecule has 2 aromatic rings. The van der Waals surface area contributed by atoms with E-state index in [0.29, 0.717) is 54.8 Å². The van der Waals surface area contributed by atoms with Crippen LogP contribution in [0.1, 0.15) is 0 Å². The Hall–Kier alpha value is -3.46. The molecule has 0 bridgehead atoms. The first-order valence-electron chi connectivity index (χ1n) is 9.94. The van der Waals surface area contributed by atoms with Crippen molar-refractivity contribution in [3.63, 3.8) is 0 Å². The lowest BCUT2D eigenvalue weighted by molar-refractivity contribution is -0.139. The van der Waals surface area contributed by atoms with E-state index in [1.807, 2.05) is 12.1 Å². The minimum atomic E-state index is -1.08. The molecular weight excluding hydrogens is 438 g/mol. The van der Waals surface area contributed by atoms with Crippen LogP contribution in [0.2, 0.25) is 5.02 Å². The normalized spacial score (nSPS) is 13.4. The van der Waals surface area contributed by atoms with Crippen molar-refractivity contribution in [2.24, 2.45) is 0 Å². The number of hydrogen-bond acceptors (Lipinski definition) is 6. The molecule has 1 aliphatic rings. The first-order chi connectivity index (χ1) is 15.4. The summed E-state index contributed by atoms with van der Waals surface area (Å²) < 4.78 is 10.3. The molecule has 2 aromatic carbocycles. The number of rotatable bonds is 9. The maximum Gasteiger partial charge on any atom is 0.341 e. The van der Waals surface area contributed by atoms with Gasteiger partial charge in [0.05, 0.1) is 12.1 Å². The highest BCUT2D eigenvalue weighted by atomic mass is 35.5. The second-order valence-corrected chi connectivity index (χ2v) is 7.50. The zero-order chi connectivity index (χ0) is 23.1. The van der Waals surface area contributed by atoms with Crippen LogP contribution in [0.4, 0.5) is 11.4 Å². The molecule has 0 spiro atoms. The third-order valence-electron chi connectivity index (χ3n) is 5.10. The Morgan fingerprint density at radius 2 is 1.81 bits per heavy atom. The third kappa shape index (κ3) is 5.82. The fraction of sp³-hybridized carbons (Fsp3) is 0.318. The molecule has 0 unspecified atom stereocenters. The predicted molar refractivity (Wildman–Crippen MR) is 120 cm³/mol. The largest absolute Gasteiger partial charge is 0.495 e. The maximum atomic E-state index is 12.8. The van der Waals surface area contributed by atoms with Crippen LogP contribution in [0.25, 0.3) is 0 Å². The summed E-state index contributed by atoms with van der Waals surface area (Å²) in [7, 11) is 1.57. The van der Waals surface area contributed by atoms with E-state index in [-0.39, 0.29) is 12.5 Å². The molecule has 9 nitrogen and oxygen atoms in total. The summed E-state index contributed by atoms with van der Waals surface area (Å²) in [6.45, 7) is 1.80. The second-order valence-electron chi connectivity index (χ2n) is 7.10. The highest BCUT2D eigenvalue weighted by Crippen LogP contribution is 2.30. The summed E-state index contributed by atoms with van der Waals surface area (Å²) in [5.41, 5.74) is 1.49. The van der Waals surface area contributed by atoms with Gasteiger partial charge in [0.15, 0.2) is 6.61 Å². The molecule has 0 aliphatic carbocycles. The van der Waals surface area contributed by atoms with Gasteiger partial charge >= 0.3 is 5.97 Å². The van der Waals surface area contributed by atoms with Crippen LogP contribution in [0.5, 0.6) is 11.5 Å². The molecular formula is C22H24ClN3O6. The standard InChI is InChI=1S/C22H24ClN3O6/c1-31-20-12-17(4-7-19(20)23)24-8-10-25(11-9-24)21(28)13-26(15-27)16-2-5-18(6-3-16)32-14-22(29)30/h2-7,12,15H,8-11,13-14H2,1H3,(H,29,30). The Balaban J connectivity index is 1.55. The van der Waals surface area contributed by atoms with Gasteiger partial charge in [-0.05, 0) is 36.4 Å². The Labute approximate surface area is 190 Å². The number of carboxylic acid groups (broad SMARTS) is 1. The van der Waals surface area contributed by atoms with Gasteiger partial charge in [0.25, 0.3) is 0 Å². The Bertz CT molecular complexity index is 961. The zero-order valence-corrected chi connectivity index (χ0v) is 18.3.